The van der Waals surface area contributed by atoms with E-state index in [4.69, 9.17) is 5.11 Å². The minimum absolute atomic E-state index is 0.166. The summed E-state index contributed by atoms with van der Waals surface area (Å²) in [6.45, 7) is 1.84. The molecule has 0 radical (unpaired) electrons. The Hall–Kier alpha value is -0.560. The maximum Gasteiger partial charge on any atom is 0.0517 e. The van der Waals surface area contributed by atoms with Crippen molar-refractivity contribution in [3.05, 3.63) is 24.3 Å². The van der Waals surface area contributed by atoms with Crippen LogP contribution in [-0.2, 0) is 0 Å². The van der Waals surface area contributed by atoms with E-state index in [1.807, 2.05) is 6.92 Å². The maximum atomic E-state index is 9.05. The molecule has 0 saturated heterocycles. The molecule has 0 aromatic carbocycles. The maximum absolute atomic E-state index is 9.05. The topological polar surface area (TPSA) is 20.2 Å². The van der Waals surface area contributed by atoms with Crippen molar-refractivity contribution in [3.63, 3.8) is 0 Å². The Morgan fingerprint density at radius 3 is 2.90 bits per heavy atom. The van der Waals surface area contributed by atoms with Gasteiger partial charge in [-0.1, -0.05) is 24.3 Å². The molecule has 56 valence electrons. The second kappa shape index (κ2) is 3.57. The van der Waals surface area contributed by atoms with Gasteiger partial charge in [0.25, 0.3) is 0 Å². The summed E-state index contributed by atoms with van der Waals surface area (Å²) in [4.78, 5) is 0. The highest BCUT2D eigenvalue weighted by atomic mass is 16.3. The standard InChI is InChI=1S/C9H14O/c1-8(10)7-9-5-3-2-4-6-9/h2-5,8-10H,6-7H2,1H3. The Labute approximate surface area is 62.1 Å². The minimum atomic E-state index is -0.166. The predicted octanol–water partition coefficient (Wildman–Crippen LogP) is 1.89. The first-order valence-electron chi connectivity index (χ1n) is 3.80. The molecule has 10 heavy (non-hydrogen) atoms. The second-order valence-electron chi connectivity index (χ2n) is 2.89. The van der Waals surface area contributed by atoms with Crippen LogP contribution >= 0.6 is 0 Å². The van der Waals surface area contributed by atoms with Gasteiger partial charge in [0.1, 0.15) is 0 Å². The smallest absolute Gasteiger partial charge is 0.0517 e. The lowest BCUT2D eigenvalue weighted by Crippen LogP contribution is -2.08. The minimum Gasteiger partial charge on any atom is -0.393 e. The summed E-state index contributed by atoms with van der Waals surface area (Å²) in [5.41, 5.74) is 0. The van der Waals surface area contributed by atoms with Crippen LogP contribution in [0.15, 0.2) is 24.3 Å². The van der Waals surface area contributed by atoms with E-state index in [0.717, 1.165) is 12.8 Å². The molecule has 1 rings (SSSR count). The van der Waals surface area contributed by atoms with Crippen LogP contribution in [0.4, 0.5) is 0 Å². The molecular formula is C9H14O. The first-order valence-corrected chi connectivity index (χ1v) is 3.80. The van der Waals surface area contributed by atoms with E-state index in [1.165, 1.54) is 0 Å². The summed E-state index contributed by atoms with van der Waals surface area (Å²) in [7, 11) is 0. The highest BCUT2D eigenvalue weighted by Gasteiger charge is 2.07. The Bertz CT molecular complexity index is 145. The van der Waals surface area contributed by atoms with Gasteiger partial charge < -0.3 is 5.11 Å². The quantitative estimate of drug-likeness (QED) is 0.617. The van der Waals surface area contributed by atoms with Crippen LogP contribution in [-0.4, -0.2) is 11.2 Å². The fourth-order valence-corrected chi connectivity index (χ4v) is 1.24. The monoisotopic (exact) mass is 138 g/mol. The van der Waals surface area contributed by atoms with Crippen molar-refractivity contribution in [2.45, 2.75) is 25.9 Å². The van der Waals surface area contributed by atoms with Crippen LogP contribution in [0.2, 0.25) is 0 Å². The van der Waals surface area contributed by atoms with Gasteiger partial charge in [0.2, 0.25) is 0 Å². The van der Waals surface area contributed by atoms with Crippen molar-refractivity contribution < 1.29 is 5.11 Å². The van der Waals surface area contributed by atoms with Gasteiger partial charge in [-0.15, -0.1) is 0 Å². The van der Waals surface area contributed by atoms with E-state index in [9.17, 15) is 0 Å². The Morgan fingerprint density at radius 2 is 2.40 bits per heavy atom. The lowest BCUT2D eigenvalue weighted by atomic mass is 9.95. The third-order valence-electron chi connectivity index (χ3n) is 1.71. The molecule has 0 aliphatic heterocycles. The van der Waals surface area contributed by atoms with Crippen molar-refractivity contribution in [1.82, 2.24) is 0 Å². The summed E-state index contributed by atoms with van der Waals surface area (Å²) in [5, 5.41) is 9.05. The van der Waals surface area contributed by atoms with E-state index in [0.29, 0.717) is 5.92 Å². The zero-order valence-electron chi connectivity index (χ0n) is 6.33. The number of aliphatic hydroxyl groups is 1. The fourth-order valence-electron chi connectivity index (χ4n) is 1.24. The van der Waals surface area contributed by atoms with Crippen molar-refractivity contribution >= 4 is 0 Å². The second-order valence-corrected chi connectivity index (χ2v) is 2.89. The summed E-state index contributed by atoms with van der Waals surface area (Å²) in [6.07, 6.45) is 10.2. The molecule has 1 heteroatoms. The summed E-state index contributed by atoms with van der Waals surface area (Å²) >= 11 is 0. The third-order valence-corrected chi connectivity index (χ3v) is 1.71. The molecule has 1 aliphatic rings. The van der Waals surface area contributed by atoms with Gasteiger partial charge in [-0.3, -0.25) is 0 Å². The van der Waals surface area contributed by atoms with Crippen molar-refractivity contribution in [2.24, 2.45) is 5.92 Å². The molecule has 0 amide bonds. The summed E-state index contributed by atoms with van der Waals surface area (Å²) < 4.78 is 0. The van der Waals surface area contributed by atoms with E-state index in [2.05, 4.69) is 24.3 Å². The van der Waals surface area contributed by atoms with Crippen LogP contribution in [0.5, 0.6) is 0 Å². The highest BCUT2D eigenvalue weighted by Crippen LogP contribution is 2.16. The van der Waals surface area contributed by atoms with Crippen LogP contribution < -0.4 is 0 Å². The molecule has 0 bridgehead atoms. The van der Waals surface area contributed by atoms with Gasteiger partial charge in [-0.25, -0.2) is 0 Å². The molecule has 0 spiro atoms. The molecule has 1 nitrogen and oxygen atoms in total. The number of aliphatic hydroxyl groups excluding tert-OH is 1. The zero-order chi connectivity index (χ0) is 7.40. The van der Waals surface area contributed by atoms with Crippen molar-refractivity contribution in [2.75, 3.05) is 0 Å². The first-order chi connectivity index (χ1) is 4.79. The van der Waals surface area contributed by atoms with Crippen molar-refractivity contribution in [1.29, 1.82) is 0 Å². The van der Waals surface area contributed by atoms with Crippen LogP contribution in [0, 0.1) is 5.92 Å². The largest absolute Gasteiger partial charge is 0.393 e. The van der Waals surface area contributed by atoms with Gasteiger partial charge >= 0.3 is 0 Å². The molecule has 0 saturated carbocycles. The highest BCUT2D eigenvalue weighted by molar-refractivity contribution is 5.10. The fraction of sp³-hybridized carbons (Fsp3) is 0.556. The SMILES string of the molecule is CC(O)CC1C=CC=CC1. The molecule has 2 unspecified atom stereocenters. The van der Waals surface area contributed by atoms with Gasteiger partial charge in [-0.2, -0.15) is 0 Å². The summed E-state index contributed by atoms with van der Waals surface area (Å²) in [5.74, 6) is 0.560. The Balaban J connectivity index is 2.30. The molecule has 1 N–H and O–H groups in total. The van der Waals surface area contributed by atoms with Gasteiger partial charge in [0.05, 0.1) is 6.10 Å². The van der Waals surface area contributed by atoms with Gasteiger partial charge in [0, 0.05) is 0 Å². The molecule has 2 atom stereocenters. The average Bonchev–Trinajstić information content (AvgIpc) is 1.88. The number of allylic oxidation sites excluding steroid dienone is 4. The number of hydrogen-bond donors (Lipinski definition) is 1. The average molecular weight is 138 g/mol. The normalized spacial score (nSPS) is 26.8. The lowest BCUT2D eigenvalue weighted by Gasteiger charge is -2.13. The van der Waals surface area contributed by atoms with E-state index in [-0.39, 0.29) is 6.10 Å². The predicted molar refractivity (Wildman–Crippen MR) is 42.7 cm³/mol. The van der Waals surface area contributed by atoms with E-state index in [1.54, 1.807) is 0 Å². The first kappa shape index (κ1) is 7.55. The van der Waals surface area contributed by atoms with Gasteiger partial charge in [0.15, 0.2) is 0 Å². The molecule has 1 aliphatic carbocycles. The van der Waals surface area contributed by atoms with E-state index >= 15 is 0 Å². The molecule has 0 aromatic rings. The molecule has 0 heterocycles. The van der Waals surface area contributed by atoms with Crippen LogP contribution in [0.1, 0.15) is 19.8 Å². The molecular weight excluding hydrogens is 124 g/mol. The van der Waals surface area contributed by atoms with Crippen LogP contribution in [0.25, 0.3) is 0 Å². The molecule has 0 fully saturated rings. The van der Waals surface area contributed by atoms with E-state index < -0.39 is 0 Å². The zero-order valence-corrected chi connectivity index (χ0v) is 6.33. The Morgan fingerprint density at radius 1 is 1.60 bits per heavy atom. The molecule has 0 aromatic heterocycles. The van der Waals surface area contributed by atoms with Gasteiger partial charge in [-0.05, 0) is 25.7 Å². The number of hydrogen-bond acceptors (Lipinski definition) is 1. The number of rotatable bonds is 2. The van der Waals surface area contributed by atoms with Crippen molar-refractivity contribution in [3.8, 4) is 0 Å². The lowest BCUT2D eigenvalue weighted by molar-refractivity contribution is 0.169. The Kier molecular flexibility index (Phi) is 2.69. The third kappa shape index (κ3) is 2.36. The van der Waals surface area contributed by atoms with Crippen LogP contribution in [0.3, 0.4) is 0 Å². The summed E-state index contributed by atoms with van der Waals surface area (Å²) in [6, 6.07) is 0.